The summed E-state index contributed by atoms with van der Waals surface area (Å²) in [4.78, 5) is 6.52. The van der Waals surface area contributed by atoms with Crippen molar-refractivity contribution in [1.82, 2.24) is 4.98 Å². The lowest BCUT2D eigenvalue weighted by Crippen LogP contribution is -2.21. The molecule has 1 aromatic heterocycles. The summed E-state index contributed by atoms with van der Waals surface area (Å²) >= 11 is 0. The maximum Gasteiger partial charge on any atom is 0.146 e. The van der Waals surface area contributed by atoms with Gasteiger partial charge in [-0.3, -0.25) is 5.43 Å². The van der Waals surface area contributed by atoms with Gasteiger partial charge in [-0.1, -0.05) is 48.5 Å². The molecule has 1 N–H and O–H groups in total. The molecule has 126 valence electrons. The quantitative estimate of drug-likeness (QED) is 0.510. The summed E-state index contributed by atoms with van der Waals surface area (Å²) in [6, 6.07) is 24.6. The van der Waals surface area contributed by atoms with Gasteiger partial charge >= 0.3 is 0 Å². The summed E-state index contributed by atoms with van der Waals surface area (Å²) in [6.45, 7) is 4.05. The average Bonchev–Trinajstić information content (AvgIpc) is 2.68. The smallest absolute Gasteiger partial charge is 0.146 e. The Kier molecular flexibility index (Phi) is 5.77. The zero-order chi connectivity index (χ0) is 17.3. The average molecular weight is 330 g/mol. The molecule has 0 aliphatic rings. The monoisotopic (exact) mass is 330 g/mol. The van der Waals surface area contributed by atoms with Crippen molar-refractivity contribution >= 4 is 17.7 Å². The number of anilines is 2. The summed E-state index contributed by atoms with van der Waals surface area (Å²) in [7, 11) is 0. The molecule has 0 saturated carbocycles. The first-order valence-corrected chi connectivity index (χ1v) is 8.44. The minimum Gasteiger partial charge on any atom is -0.367 e. The topological polar surface area (TPSA) is 40.5 Å². The molecule has 0 radical (unpaired) electrons. The Morgan fingerprint density at radius 2 is 1.72 bits per heavy atom. The van der Waals surface area contributed by atoms with E-state index >= 15 is 0 Å². The van der Waals surface area contributed by atoms with E-state index in [2.05, 4.69) is 75.9 Å². The molecule has 3 aromatic rings. The van der Waals surface area contributed by atoms with E-state index in [9.17, 15) is 0 Å². The van der Waals surface area contributed by atoms with E-state index in [0.717, 1.165) is 24.5 Å². The van der Waals surface area contributed by atoms with Crippen LogP contribution >= 0.6 is 0 Å². The molecule has 0 unspecified atom stereocenters. The number of pyridine rings is 1. The fourth-order valence-corrected chi connectivity index (χ4v) is 2.56. The Morgan fingerprint density at radius 3 is 2.40 bits per heavy atom. The minimum absolute atomic E-state index is 0.732. The van der Waals surface area contributed by atoms with Crippen LogP contribution in [0.3, 0.4) is 0 Å². The molecule has 25 heavy (non-hydrogen) atoms. The lowest BCUT2D eigenvalue weighted by Gasteiger charge is -2.23. The van der Waals surface area contributed by atoms with Crippen LogP contribution in [0.4, 0.5) is 11.5 Å². The predicted molar refractivity (Wildman–Crippen MR) is 105 cm³/mol. The highest BCUT2D eigenvalue weighted by Gasteiger charge is 2.04. The van der Waals surface area contributed by atoms with Gasteiger partial charge in [0.25, 0.3) is 0 Å². The molecule has 0 aliphatic heterocycles. The number of benzene rings is 2. The van der Waals surface area contributed by atoms with Crippen LogP contribution in [-0.2, 0) is 6.54 Å². The zero-order valence-corrected chi connectivity index (χ0v) is 14.3. The Bertz CT molecular complexity index is 783. The standard InChI is InChI=1S/C21H22N4/c1-2-25(17-19-8-4-3-5-9-19)20-13-11-18(12-14-20)16-23-24-21-10-6-7-15-22-21/h3-16H,2,17H2,1H3,(H,22,24)/b23-16-. The van der Waals surface area contributed by atoms with Crippen LogP contribution in [0.15, 0.2) is 84.1 Å². The molecule has 4 nitrogen and oxygen atoms in total. The third kappa shape index (κ3) is 4.91. The summed E-state index contributed by atoms with van der Waals surface area (Å²) < 4.78 is 0. The molecule has 0 saturated heterocycles. The van der Waals surface area contributed by atoms with Gasteiger partial charge in [-0.15, -0.1) is 0 Å². The number of aromatic nitrogens is 1. The Labute approximate surface area is 148 Å². The highest BCUT2D eigenvalue weighted by molar-refractivity contribution is 5.80. The second kappa shape index (κ2) is 8.64. The predicted octanol–water partition coefficient (Wildman–Crippen LogP) is 4.55. The molecule has 0 atom stereocenters. The van der Waals surface area contributed by atoms with E-state index in [0.29, 0.717) is 0 Å². The third-order valence-electron chi connectivity index (χ3n) is 3.91. The summed E-state index contributed by atoms with van der Waals surface area (Å²) in [5.74, 6) is 0.732. The Balaban J connectivity index is 1.62. The SMILES string of the molecule is CCN(Cc1ccccc1)c1ccc(/C=N\Nc2ccccn2)cc1. The summed E-state index contributed by atoms with van der Waals surface area (Å²) in [6.07, 6.45) is 3.53. The van der Waals surface area contributed by atoms with Crippen LogP contribution in [0.1, 0.15) is 18.1 Å². The first kappa shape index (κ1) is 16.7. The van der Waals surface area contributed by atoms with Crippen molar-refractivity contribution in [2.45, 2.75) is 13.5 Å². The molecule has 0 amide bonds. The molecule has 0 fully saturated rings. The Hall–Kier alpha value is -3.14. The van der Waals surface area contributed by atoms with E-state index in [-0.39, 0.29) is 0 Å². The highest BCUT2D eigenvalue weighted by Crippen LogP contribution is 2.17. The minimum atomic E-state index is 0.732. The van der Waals surface area contributed by atoms with Crippen LogP contribution in [-0.4, -0.2) is 17.7 Å². The molecule has 0 bridgehead atoms. The van der Waals surface area contributed by atoms with Gasteiger partial charge in [-0.05, 0) is 42.3 Å². The Morgan fingerprint density at radius 1 is 0.960 bits per heavy atom. The normalized spacial score (nSPS) is 10.8. The third-order valence-corrected chi connectivity index (χ3v) is 3.91. The second-order valence-corrected chi connectivity index (χ2v) is 5.68. The molecule has 0 spiro atoms. The number of rotatable bonds is 7. The van der Waals surface area contributed by atoms with Crippen molar-refractivity contribution < 1.29 is 0 Å². The first-order chi connectivity index (χ1) is 12.3. The fraction of sp³-hybridized carbons (Fsp3) is 0.143. The molecule has 4 heteroatoms. The first-order valence-electron chi connectivity index (χ1n) is 8.44. The van der Waals surface area contributed by atoms with Crippen LogP contribution < -0.4 is 10.3 Å². The van der Waals surface area contributed by atoms with Gasteiger partial charge in [0.15, 0.2) is 0 Å². The summed E-state index contributed by atoms with van der Waals surface area (Å²) in [5, 5.41) is 4.22. The second-order valence-electron chi connectivity index (χ2n) is 5.68. The zero-order valence-electron chi connectivity index (χ0n) is 14.3. The number of nitrogens with one attached hydrogen (secondary N) is 1. The van der Waals surface area contributed by atoms with E-state index < -0.39 is 0 Å². The molecule has 0 aliphatic carbocycles. The molecule has 2 aromatic carbocycles. The lowest BCUT2D eigenvalue weighted by molar-refractivity contribution is 0.832. The van der Waals surface area contributed by atoms with Gasteiger partial charge in [0, 0.05) is 25.0 Å². The van der Waals surface area contributed by atoms with Gasteiger partial charge in [0.2, 0.25) is 0 Å². The van der Waals surface area contributed by atoms with Crippen molar-refractivity contribution in [3.63, 3.8) is 0 Å². The van der Waals surface area contributed by atoms with E-state index in [1.54, 1.807) is 12.4 Å². The van der Waals surface area contributed by atoms with Gasteiger partial charge in [-0.25, -0.2) is 4.98 Å². The fourth-order valence-electron chi connectivity index (χ4n) is 2.56. The van der Waals surface area contributed by atoms with E-state index in [1.807, 2.05) is 24.3 Å². The van der Waals surface area contributed by atoms with Crippen molar-refractivity contribution in [2.24, 2.45) is 5.10 Å². The van der Waals surface area contributed by atoms with Crippen LogP contribution in [0.2, 0.25) is 0 Å². The maximum absolute atomic E-state index is 4.22. The molecular weight excluding hydrogens is 308 g/mol. The van der Waals surface area contributed by atoms with Gasteiger partial charge in [0.05, 0.1) is 6.21 Å². The van der Waals surface area contributed by atoms with Crippen LogP contribution in [0.5, 0.6) is 0 Å². The largest absolute Gasteiger partial charge is 0.367 e. The van der Waals surface area contributed by atoms with Crippen LogP contribution in [0, 0.1) is 0 Å². The van der Waals surface area contributed by atoms with Crippen molar-refractivity contribution in [3.8, 4) is 0 Å². The summed E-state index contributed by atoms with van der Waals surface area (Å²) in [5.41, 5.74) is 6.49. The van der Waals surface area contributed by atoms with Crippen molar-refractivity contribution in [3.05, 3.63) is 90.1 Å². The van der Waals surface area contributed by atoms with Crippen LogP contribution in [0.25, 0.3) is 0 Å². The van der Waals surface area contributed by atoms with Gasteiger partial charge in [-0.2, -0.15) is 5.10 Å². The van der Waals surface area contributed by atoms with Crippen molar-refractivity contribution in [1.29, 1.82) is 0 Å². The maximum atomic E-state index is 4.22. The molecule has 3 rings (SSSR count). The lowest BCUT2D eigenvalue weighted by atomic mass is 10.1. The van der Waals surface area contributed by atoms with Crippen molar-refractivity contribution in [2.75, 3.05) is 16.9 Å². The van der Waals surface area contributed by atoms with E-state index in [1.165, 1.54) is 11.3 Å². The number of hydrogen-bond acceptors (Lipinski definition) is 4. The van der Waals surface area contributed by atoms with Gasteiger partial charge < -0.3 is 4.90 Å². The number of hydrogen-bond donors (Lipinski definition) is 1. The van der Waals surface area contributed by atoms with Gasteiger partial charge in [0.1, 0.15) is 5.82 Å². The number of nitrogens with zero attached hydrogens (tertiary/aromatic N) is 3. The molecular formula is C21H22N4. The van der Waals surface area contributed by atoms with E-state index in [4.69, 9.17) is 0 Å². The highest BCUT2D eigenvalue weighted by atomic mass is 15.3. The number of hydrazone groups is 1. The molecule has 1 heterocycles.